The minimum atomic E-state index is -0.797. The van der Waals surface area contributed by atoms with Crippen LogP contribution in [0.3, 0.4) is 0 Å². The average molecular weight is 399 g/mol. The standard InChI is InChI=1S/C22H30N4O3/c1-13(2)16-7-8-18(19(27)11-16)21-14(3)10-20(24-25-21)23-17-6-5-9-26(12-17)15(4)22(28)29/h7-8,10-11,13,15,17,27H,5-6,9,12H2,1-4H3,(H,23,24)(H,28,29)/t15?,17-/m1/s1. The number of hydrogen-bond donors (Lipinski definition) is 3. The topological polar surface area (TPSA) is 98.6 Å². The lowest BCUT2D eigenvalue weighted by atomic mass is 9.98. The number of aromatic hydroxyl groups is 1. The molecule has 156 valence electrons. The molecule has 0 bridgehead atoms. The third-order valence-corrected chi connectivity index (χ3v) is 5.64. The Bertz CT molecular complexity index is 884. The lowest BCUT2D eigenvalue weighted by Crippen LogP contribution is -2.48. The van der Waals surface area contributed by atoms with Crippen LogP contribution >= 0.6 is 0 Å². The number of nitrogens with zero attached hydrogens (tertiary/aromatic N) is 3. The summed E-state index contributed by atoms with van der Waals surface area (Å²) in [5.41, 5.74) is 3.33. The summed E-state index contributed by atoms with van der Waals surface area (Å²) in [7, 11) is 0. The summed E-state index contributed by atoms with van der Waals surface area (Å²) in [6, 6.07) is 7.25. The van der Waals surface area contributed by atoms with Crippen LogP contribution in [0, 0.1) is 6.92 Å². The van der Waals surface area contributed by atoms with Crippen molar-refractivity contribution in [2.75, 3.05) is 18.4 Å². The van der Waals surface area contributed by atoms with E-state index in [0.29, 0.717) is 29.5 Å². The van der Waals surface area contributed by atoms with Crippen molar-refractivity contribution in [3.63, 3.8) is 0 Å². The number of benzene rings is 1. The fourth-order valence-corrected chi connectivity index (χ4v) is 3.77. The van der Waals surface area contributed by atoms with Crippen LogP contribution in [0.1, 0.15) is 50.7 Å². The highest BCUT2D eigenvalue weighted by molar-refractivity contribution is 5.73. The Kier molecular flexibility index (Phi) is 6.37. The van der Waals surface area contributed by atoms with Gasteiger partial charge in [0.05, 0.1) is 5.69 Å². The number of phenolic OH excluding ortho intramolecular Hbond substituents is 1. The van der Waals surface area contributed by atoms with Crippen molar-refractivity contribution in [2.24, 2.45) is 0 Å². The second-order valence-electron chi connectivity index (χ2n) is 8.19. The van der Waals surface area contributed by atoms with Crippen molar-refractivity contribution in [3.8, 4) is 17.0 Å². The zero-order chi connectivity index (χ0) is 21.1. The van der Waals surface area contributed by atoms with Gasteiger partial charge < -0.3 is 15.5 Å². The van der Waals surface area contributed by atoms with E-state index in [1.54, 1.807) is 13.0 Å². The van der Waals surface area contributed by atoms with Crippen molar-refractivity contribution < 1.29 is 15.0 Å². The van der Waals surface area contributed by atoms with E-state index in [9.17, 15) is 15.0 Å². The zero-order valence-electron chi connectivity index (χ0n) is 17.5. The first kappa shape index (κ1) is 21.0. The maximum absolute atomic E-state index is 11.3. The summed E-state index contributed by atoms with van der Waals surface area (Å²) in [5, 5.41) is 31.7. The molecule has 3 N–H and O–H groups in total. The molecule has 0 spiro atoms. The van der Waals surface area contributed by atoms with Gasteiger partial charge in [0, 0.05) is 18.2 Å². The van der Waals surface area contributed by atoms with Gasteiger partial charge in [0.1, 0.15) is 17.6 Å². The molecule has 3 rings (SSSR count). The third kappa shape index (κ3) is 4.85. The van der Waals surface area contributed by atoms with Crippen LogP contribution in [0.5, 0.6) is 5.75 Å². The van der Waals surface area contributed by atoms with E-state index in [1.807, 2.05) is 30.0 Å². The van der Waals surface area contributed by atoms with Crippen LogP contribution in [-0.4, -0.2) is 56.5 Å². The molecule has 0 amide bonds. The summed E-state index contributed by atoms with van der Waals surface area (Å²) in [5.74, 6) is 0.417. The molecule has 1 saturated heterocycles. The van der Waals surface area contributed by atoms with Gasteiger partial charge in [0.25, 0.3) is 0 Å². The van der Waals surface area contributed by atoms with Gasteiger partial charge in [-0.05, 0) is 68.5 Å². The van der Waals surface area contributed by atoms with E-state index in [-0.39, 0.29) is 11.8 Å². The van der Waals surface area contributed by atoms with Crippen LogP contribution < -0.4 is 5.32 Å². The molecule has 0 aliphatic carbocycles. The van der Waals surface area contributed by atoms with Gasteiger partial charge in [0.2, 0.25) is 0 Å². The van der Waals surface area contributed by atoms with Gasteiger partial charge in [-0.2, -0.15) is 0 Å². The first-order chi connectivity index (χ1) is 13.8. The maximum atomic E-state index is 11.3. The molecule has 7 heteroatoms. The minimum absolute atomic E-state index is 0.129. The highest BCUT2D eigenvalue weighted by Gasteiger charge is 2.27. The molecule has 1 aromatic carbocycles. The van der Waals surface area contributed by atoms with Crippen LogP contribution in [0.25, 0.3) is 11.3 Å². The van der Waals surface area contributed by atoms with Gasteiger partial charge in [-0.1, -0.05) is 19.9 Å². The number of aliphatic carboxylic acids is 1. The molecule has 1 aliphatic rings. The number of piperidine rings is 1. The molecule has 2 aromatic rings. The number of aryl methyl sites for hydroxylation is 1. The van der Waals surface area contributed by atoms with E-state index in [0.717, 1.165) is 30.5 Å². The summed E-state index contributed by atoms with van der Waals surface area (Å²) in [6.07, 6.45) is 1.90. The second-order valence-corrected chi connectivity index (χ2v) is 8.19. The predicted octanol–water partition coefficient (Wildman–Crippen LogP) is 3.63. The molecule has 1 unspecified atom stereocenters. The summed E-state index contributed by atoms with van der Waals surface area (Å²) in [6.45, 7) is 9.30. The number of rotatable bonds is 6. The number of carboxylic acids is 1. The molecule has 1 aliphatic heterocycles. The number of nitrogens with one attached hydrogen (secondary N) is 1. The molecular formula is C22H30N4O3. The Labute approximate surface area is 171 Å². The smallest absolute Gasteiger partial charge is 0.320 e. The largest absolute Gasteiger partial charge is 0.507 e. The molecular weight excluding hydrogens is 368 g/mol. The quantitative estimate of drug-likeness (QED) is 0.683. The van der Waals surface area contributed by atoms with E-state index in [4.69, 9.17) is 0 Å². The van der Waals surface area contributed by atoms with Crippen molar-refractivity contribution in [2.45, 2.75) is 58.5 Å². The average Bonchev–Trinajstić information content (AvgIpc) is 2.68. The van der Waals surface area contributed by atoms with E-state index in [2.05, 4.69) is 29.4 Å². The molecule has 1 fully saturated rings. The number of likely N-dealkylation sites (tertiary alicyclic amines) is 1. The fraction of sp³-hybridized carbons (Fsp3) is 0.500. The van der Waals surface area contributed by atoms with Gasteiger partial charge in [0.15, 0.2) is 0 Å². The first-order valence-electron chi connectivity index (χ1n) is 10.2. The lowest BCUT2D eigenvalue weighted by molar-refractivity contribution is -0.143. The highest BCUT2D eigenvalue weighted by atomic mass is 16.4. The number of phenols is 1. The van der Waals surface area contributed by atoms with Crippen molar-refractivity contribution in [1.29, 1.82) is 0 Å². The molecule has 0 radical (unpaired) electrons. The van der Waals surface area contributed by atoms with E-state index >= 15 is 0 Å². The van der Waals surface area contributed by atoms with Crippen molar-refractivity contribution in [1.82, 2.24) is 15.1 Å². The SMILES string of the molecule is Cc1cc(N[C@@H]2CCCN(C(C)C(=O)O)C2)nnc1-c1ccc(C(C)C)cc1O. The summed E-state index contributed by atoms with van der Waals surface area (Å²) < 4.78 is 0. The predicted molar refractivity (Wildman–Crippen MR) is 113 cm³/mol. The Balaban J connectivity index is 1.74. The molecule has 2 heterocycles. The molecule has 29 heavy (non-hydrogen) atoms. The van der Waals surface area contributed by atoms with Gasteiger partial charge in [-0.25, -0.2) is 0 Å². The number of carbonyl (C=O) groups is 1. The van der Waals surface area contributed by atoms with Crippen LogP contribution in [0.2, 0.25) is 0 Å². The van der Waals surface area contributed by atoms with Crippen LogP contribution in [0.4, 0.5) is 5.82 Å². The Morgan fingerprint density at radius 2 is 2.00 bits per heavy atom. The number of hydrogen-bond acceptors (Lipinski definition) is 6. The van der Waals surface area contributed by atoms with Crippen LogP contribution in [-0.2, 0) is 4.79 Å². The van der Waals surface area contributed by atoms with Gasteiger partial charge >= 0.3 is 5.97 Å². The monoisotopic (exact) mass is 398 g/mol. The molecule has 1 aromatic heterocycles. The van der Waals surface area contributed by atoms with E-state index < -0.39 is 12.0 Å². The Hall–Kier alpha value is -2.67. The zero-order valence-corrected chi connectivity index (χ0v) is 17.5. The second kappa shape index (κ2) is 8.78. The lowest BCUT2D eigenvalue weighted by Gasteiger charge is -2.35. The third-order valence-electron chi connectivity index (χ3n) is 5.64. The molecule has 7 nitrogen and oxygen atoms in total. The Morgan fingerprint density at radius 3 is 2.62 bits per heavy atom. The summed E-state index contributed by atoms with van der Waals surface area (Å²) in [4.78, 5) is 13.2. The number of carboxylic acid groups (broad SMARTS) is 1. The number of aromatic nitrogens is 2. The molecule has 0 saturated carbocycles. The van der Waals surface area contributed by atoms with Crippen molar-refractivity contribution in [3.05, 3.63) is 35.4 Å². The fourth-order valence-electron chi connectivity index (χ4n) is 3.77. The minimum Gasteiger partial charge on any atom is -0.507 e. The van der Waals surface area contributed by atoms with Crippen molar-refractivity contribution >= 4 is 11.8 Å². The first-order valence-corrected chi connectivity index (χ1v) is 10.2. The van der Waals surface area contributed by atoms with Gasteiger partial charge in [-0.3, -0.25) is 9.69 Å². The normalized spacial score (nSPS) is 18.6. The highest BCUT2D eigenvalue weighted by Crippen LogP contribution is 2.33. The summed E-state index contributed by atoms with van der Waals surface area (Å²) >= 11 is 0. The number of anilines is 1. The molecule has 2 atom stereocenters. The van der Waals surface area contributed by atoms with E-state index in [1.165, 1.54) is 0 Å². The van der Waals surface area contributed by atoms with Gasteiger partial charge in [-0.15, -0.1) is 10.2 Å². The maximum Gasteiger partial charge on any atom is 0.320 e. The van der Waals surface area contributed by atoms with Crippen LogP contribution in [0.15, 0.2) is 24.3 Å². The Morgan fingerprint density at radius 1 is 1.24 bits per heavy atom.